The molecule has 0 amide bonds. The van der Waals surface area contributed by atoms with E-state index in [0.717, 1.165) is 21.8 Å². The van der Waals surface area contributed by atoms with E-state index in [1.807, 2.05) is 77.9 Å². The molecular formula is C22H28N2O2. The van der Waals surface area contributed by atoms with Crippen molar-refractivity contribution in [1.29, 1.82) is 0 Å². The molecule has 1 aromatic carbocycles. The number of aliphatic hydroxyl groups excluding tert-OH is 2. The van der Waals surface area contributed by atoms with E-state index < -0.39 is 12.2 Å². The molecule has 0 saturated heterocycles. The van der Waals surface area contributed by atoms with E-state index in [1.165, 1.54) is 0 Å². The van der Waals surface area contributed by atoms with E-state index in [0.29, 0.717) is 11.4 Å². The van der Waals surface area contributed by atoms with Crippen molar-refractivity contribution < 1.29 is 10.2 Å². The third kappa shape index (κ3) is 3.44. The van der Waals surface area contributed by atoms with Crippen molar-refractivity contribution >= 4 is 21.8 Å². The predicted octanol–water partition coefficient (Wildman–Crippen LogP) is 4.94. The van der Waals surface area contributed by atoms with Gasteiger partial charge in [0, 0.05) is 10.8 Å². The highest BCUT2D eigenvalue weighted by molar-refractivity contribution is 6.02. The summed E-state index contributed by atoms with van der Waals surface area (Å²) in [6, 6.07) is 11.7. The van der Waals surface area contributed by atoms with Crippen LogP contribution in [-0.4, -0.2) is 20.2 Å². The molecule has 2 aromatic heterocycles. The molecule has 0 saturated carbocycles. The zero-order valence-electron chi connectivity index (χ0n) is 16.4. The highest BCUT2D eigenvalue weighted by Gasteiger charge is 2.27. The molecule has 26 heavy (non-hydrogen) atoms. The lowest BCUT2D eigenvalue weighted by Crippen LogP contribution is -2.19. The molecule has 3 rings (SSSR count). The Kier molecular flexibility index (Phi) is 4.53. The van der Waals surface area contributed by atoms with E-state index in [4.69, 9.17) is 9.97 Å². The van der Waals surface area contributed by atoms with E-state index >= 15 is 0 Å². The first-order chi connectivity index (χ1) is 12.0. The number of hydrogen-bond donors (Lipinski definition) is 2. The van der Waals surface area contributed by atoms with Crippen molar-refractivity contribution in [2.24, 2.45) is 10.8 Å². The van der Waals surface area contributed by atoms with Crippen molar-refractivity contribution in [3.8, 4) is 0 Å². The number of hydrogen-bond acceptors (Lipinski definition) is 4. The van der Waals surface area contributed by atoms with Crippen LogP contribution in [0, 0.1) is 10.8 Å². The van der Waals surface area contributed by atoms with Gasteiger partial charge in [-0.05, 0) is 23.0 Å². The van der Waals surface area contributed by atoms with Crippen molar-refractivity contribution in [3.05, 3.63) is 47.8 Å². The van der Waals surface area contributed by atoms with Gasteiger partial charge in [-0.25, -0.2) is 9.97 Å². The molecule has 4 heteroatoms. The minimum absolute atomic E-state index is 0.299. The number of aromatic nitrogens is 2. The molecule has 2 atom stereocenters. The fourth-order valence-electron chi connectivity index (χ4n) is 2.99. The second kappa shape index (κ2) is 6.29. The average molecular weight is 352 g/mol. The van der Waals surface area contributed by atoms with Crippen molar-refractivity contribution in [1.82, 2.24) is 9.97 Å². The Morgan fingerprint density at radius 2 is 0.923 bits per heavy atom. The van der Waals surface area contributed by atoms with Crippen LogP contribution in [0.25, 0.3) is 21.8 Å². The zero-order chi connectivity index (χ0) is 19.3. The molecule has 0 aliphatic carbocycles. The quantitative estimate of drug-likeness (QED) is 0.641. The Morgan fingerprint density at radius 3 is 1.23 bits per heavy atom. The van der Waals surface area contributed by atoms with Crippen LogP contribution in [0.2, 0.25) is 0 Å². The van der Waals surface area contributed by atoms with E-state index in [1.54, 1.807) is 0 Å². The van der Waals surface area contributed by atoms with E-state index in [9.17, 15) is 10.2 Å². The van der Waals surface area contributed by atoms with Crippen LogP contribution in [0.3, 0.4) is 0 Å². The van der Waals surface area contributed by atoms with E-state index in [2.05, 4.69) is 0 Å². The highest BCUT2D eigenvalue weighted by atomic mass is 16.3. The lowest BCUT2D eigenvalue weighted by atomic mass is 9.86. The molecule has 2 N–H and O–H groups in total. The smallest absolute Gasteiger partial charge is 0.101 e. The minimum atomic E-state index is -0.662. The Morgan fingerprint density at radius 1 is 0.615 bits per heavy atom. The SMILES string of the molecule is CC(C)(C)[C@@H](O)c1ccc2ccc3ccc([C@H](O)C(C)(C)C)nc3c2n1. The van der Waals surface area contributed by atoms with Crippen LogP contribution < -0.4 is 0 Å². The summed E-state index contributed by atoms with van der Waals surface area (Å²) in [5, 5.41) is 23.2. The Bertz CT molecular complexity index is 873. The molecule has 4 nitrogen and oxygen atoms in total. The van der Waals surface area contributed by atoms with Gasteiger partial charge in [0.25, 0.3) is 0 Å². The van der Waals surface area contributed by atoms with Gasteiger partial charge in [0.2, 0.25) is 0 Å². The molecule has 0 radical (unpaired) electrons. The van der Waals surface area contributed by atoms with Gasteiger partial charge >= 0.3 is 0 Å². The maximum atomic E-state index is 10.6. The predicted molar refractivity (Wildman–Crippen MR) is 106 cm³/mol. The maximum absolute atomic E-state index is 10.6. The average Bonchev–Trinajstić information content (AvgIpc) is 2.57. The number of nitrogens with zero attached hydrogens (tertiary/aromatic N) is 2. The normalized spacial score (nSPS) is 15.4. The first kappa shape index (κ1) is 18.7. The molecule has 0 bridgehead atoms. The largest absolute Gasteiger partial charge is 0.386 e. The van der Waals surface area contributed by atoms with Gasteiger partial charge < -0.3 is 10.2 Å². The van der Waals surface area contributed by atoms with Crippen LogP contribution >= 0.6 is 0 Å². The fraction of sp³-hybridized carbons (Fsp3) is 0.455. The summed E-state index contributed by atoms with van der Waals surface area (Å²) >= 11 is 0. The second-order valence-corrected chi connectivity index (χ2v) is 9.22. The summed E-state index contributed by atoms with van der Waals surface area (Å²) < 4.78 is 0. The first-order valence-electron chi connectivity index (χ1n) is 9.05. The van der Waals surface area contributed by atoms with Crippen molar-refractivity contribution in [3.63, 3.8) is 0 Å². The number of fused-ring (bicyclic) bond motifs is 3. The summed E-state index contributed by atoms with van der Waals surface area (Å²) in [7, 11) is 0. The number of aliphatic hydroxyl groups is 2. The standard InChI is InChI=1S/C22H28N2O2/c1-21(2,3)19(25)15-11-9-13-7-8-14-10-12-16(20(26)22(4,5)6)24-18(14)17(13)23-15/h7-12,19-20,25-26H,1-6H3/t19-,20-/m0/s1. The lowest BCUT2D eigenvalue weighted by molar-refractivity contribution is 0.0590. The zero-order valence-corrected chi connectivity index (χ0v) is 16.4. The molecular weight excluding hydrogens is 324 g/mol. The molecule has 3 aromatic rings. The van der Waals surface area contributed by atoms with E-state index in [-0.39, 0.29) is 10.8 Å². The fourth-order valence-corrected chi connectivity index (χ4v) is 2.99. The van der Waals surface area contributed by atoms with Gasteiger partial charge in [0.15, 0.2) is 0 Å². The van der Waals surface area contributed by atoms with Crippen molar-refractivity contribution in [2.45, 2.75) is 53.8 Å². The molecule has 0 aliphatic rings. The van der Waals surface area contributed by atoms with Crippen LogP contribution in [0.15, 0.2) is 36.4 Å². The molecule has 0 aliphatic heterocycles. The molecule has 2 heterocycles. The first-order valence-corrected chi connectivity index (χ1v) is 9.05. The van der Waals surface area contributed by atoms with Gasteiger partial charge in [0.05, 0.1) is 22.4 Å². The lowest BCUT2D eigenvalue weighted by Gasteiger charge is -2.26. The summed E-state index contributed by atoms with van der Waals surface area (Å²) in [6.45, 7) is 11.9. The highest BCUT2D eigenvalue weighted by Crippen LogP contribution is 2.35. The van der Waals surface area contributed by atoms with Crippen LogP contribution in [0.1, 0.15) is 65.1 Å². The van der Waals surface area contributed by atoms with Gasteiger partial charge in [-0.2, -0.15) is 0 Å². The molecule has 138 valence electrons. The molecule has 0 fully saturated rings. The third-order valence-electron chi connectivity index (χ3n) is 4.76. The number of pyridine rings is 2. The molecule has 0 spiro atoms. The van der Waals surface area contributed by atoms with Crippen LogP contribution in [0.4, 0.5) is 0 Å². The summed E-state index contributed by atoms with van der Waals surface area (Å²) in [5.41, 5.74) is 2.19. The Hall–Kier alpha value is -2.04. The van der Waals surface area contributed by atoms with Crippen LogP contribution in [0.5, 0.6) is 0 Å². The number of rotatable bonds is 2. The summed E-state index contributed by atoms with van der Waals surface area (Å²) in [5.74, 6) is 0. The Balaban J connectivity index is 2.22. The van der Waals surface area contributed by atoms with Crippen molar-refractivity contribution in [2.75, 3.05) is 0 Å². The van der Waals surface area contributed by atoms with Gasteiger partial charge in [-0.1, -0.05) is 65.8 Å². The Labute approximate surface area is 154 Å². The second-order valence-electron chi connectivity index (χ2n) is 9.22. The van der Waals surface area contributed by atoms with Gasteiger partial charge in [-0.15, -0.1) is 0 Å². The third-order valence-corrected chi connectivity index (χ3v) is 4.76. The summed E-state index contributed by atoms with van der Waals surface area (Å²) in [6.07, 6.45) is -1.32. The van der Waals surface area contributed by atoms with Gasteiger partial charge in [-0.3, -0.25) is 0 Å². The summed E-state index contributed by atoms with van der Waals surface area (Å²) in [4.78, 5) is 9.48. The topological polar surface area (TPSA) is 66.2 Å². The number of benzene rings is 1. The monoisotopic (exact) mass is 352 g/mol. The van der Waals surface area contributed by atoms with Crippen LogP contribution in [-0.2, 0) is 0 Å². The van der Waals surface area contributed by atoms with Gasteiger partial charge in [0.1, 0.15) is 12.2 Å². The minimum Gasteiger partial charge on any atom is -0.386 e. The molecule has 0 unspecified atom stereocenters. The maximum Gasteiger partial charge on any atom is 0.101 e.